The second-order valence-electron chi connectivity index (χ2n) is 10.4. The fourth-order valence-electron chi connectivity index (χ4n) is 17.8. The molecule has 0 saturated carbocycles. The van der Waals surface area contributed by atoms with Gasteiger partial charge in [-0.2, -0.15) is 0 Å². The van der Waals surface area contributed by atoms with E-state index >= 15 is 0 Å². The number of carbonyl (C=O) groups is 2. The molecule has 0 amide bonds. The predicted octanol–water partition coefficient (Wildman–Crippen LogP) is 2.29. The van der Waals surface area contributed by atoms with Gasteiger partial charge in [-0.25, -0.2) is 0 Å². The van der Waals surface area contributed by atoms with Crippen molar-refractivity contribution in [3.63, 3.8) is 0 Å². The molecule has 4 nitrogen and oxygen atoms in total. The Morgan fingerprint density at radius 1 is 0.765 bits per heavy atom. The van der Waals surface area contributed by atoms with Crippen molar-refractivity contribution >= 4 is 11.9 Å². The minimum atomic E-state index is -4.10. The van der Waals surface area contributed by atoms with Gasteiger partial charge in [0, 0.05) is 0 Å². The van der Waals surface area contributed by atoms with E-state index in [2.05, 4.69) is 0 Å². The molecule has 1 spiro atoms. The number of hydrogen-bond donors (Lipinski definition) is 2. The number of fused-ring (bicyclic) bond motifs is 10. The van der Waals surface area contributed by atoms with Gasteiger partial charge in [0.2, 0.25) is 0 Å². The second-order valence-corrected chi connectivity index (χ2v) is 33.6. The van der Waals surface area contributed by atoms with E-state index in [1.165, 1.54) is 0 Å². The summed E-state index contributed by atoms with van der Waals surface area (Å²) in [6.07, 6.45) is 0. The molecule has 10 saturated heterocycles. The quantitative estimate of drug-likeness (QED) is 0.757. The summed E-state index contributed by atoms with van der Waals surface area (Å²) >= 11 is 0. The Morgan fingerprint density at radius 2 is 1.12 bits per heavy atom. The summed E-state index contributed by atoms with van der Waals surface area (Å²) in [5.74, 6) is -1.30. The predicted molar refractivity (Wildman–Crippen MR) is 50.7 cm³/mol. The first kappa shape index (κ1) is 6.07. The van der Waals surface area contributed by atoms with Crippen LogP contribution in [-0.2, 0) is 16.1 Å². The van der Waals surface area contributed by atoms with Gasteiger partial charge in [0.15, 0.2) is 0 Å². The van der Waals surface area contributed by atoms with E-state index in [0.717, 1.165) is 28.9 Å². The summed E-state index contributed by atoms with van der Waals surface area (Å²) in [4.78, 5) is 29.5. The van der Waals surface area contributed by atoms with Gasteiger partial charge in [-0.15, -0.1) is 0 Å². The summed E-state index contributed by atoms with van der Waals surface area (Å²) in [6.45, 7) is -4.10. The first-order chi connectivity index (χ1) is 7.82. The van der Waals surface area contributed by atoms with Crippen molar-refractivity contribution in [3.8, 4) is 0 Å². The molecule has 90 valence electrons. The molecule has 0 aliphatic carbocycles. The van der Waals surface area contributed by atoms with Gasteiger partial charge >= 0.3 is 85.4 Å². The van der Waals surface area contributed by atoms with Crippen LogP contribution in [0.5, 0.6) is 0 Å². The van der Waals surface area contributed by atoms with Crippen LogP contribution < -0.4 is 0 Å². The maximum absolute atomic E-state index is 12.0. The molecule has 2 N–H and O–H groups in total. The van der Waals surface area contributed by atoms with Crippen LogP contribution in [0.3, 0.4) is 0 Å². The van der Waals surface area contributed by atoms with Crippen LogP contribution in [0.25, 0.3) is 0 Å². The van der Waals surface area contributed by atoms with Crippen LogP contribution in [0.4, 0.5) is 0 Å². The van der Waals surface area contributed by atoms with Crippen LogP contribution in [0.15, 0.2) is 0 Å². The molecule has 0 aromatic rings. The number of carboxylic acids is 2. The number of rotatable bonds is 2. The van der Waals surface area contributed by atoms with Crippen LogP contribution in [0, 0.1) is 0 Å². The molecular formula is C12H10FeO4. The van der Waals surface area contributed by atoms with Gasteiger partial charge in [0.1, 0.15) is 0 Å². The Morgan fingerprint density at radius 3 is 1.24 bits per heavy atom. The van der Waals surface area contributed by atoms with E-state index in [1.807, 2.05) is 0 Å². The summed E-state index contributed by atoms with van der Waals surface area (Å²) < 4.78 is -1.14. The van der Waals surface area contributed by atoms with Crippen LogP contribution in [-0.4, -0.2) is 22.2 Å². The first-order valence-corrected chi connectivity index (χ1v) is 12.7. The van der Waals surface area contributed by atoms with Gasteiger partial charge in [-0.1, -0.05) is 0 Å². The monoisotopic (exact) mass is 274 g/mol. The molecule has 0 aromatic carbocycles. The molecule has 5 heteroatoms. The van der Waals surface area contributed by atoms with Crippen molar-refractivity contribution in [2.45, 2.75) is 47.2 Å². The average Bonchev–Trinajstić information content (AvgIpc) is 3.22. The molecule has 10 rings (SSSR count). The Labute approximate surface area is 85.7 Å². The third-order valence-corrected chi connectivity index (χ3v) is 58.1. The zero-order valence-electron chi connectivity index (χ0n) is 8.68. The molecule has 10 fully saturated rings. The SMILES string of the molecule is O=C(O)[C]12[CH]3[CH]4[CH]5[C]1(C(=O)O)[Fe]43521678[CH]2[CH]1[CH]6[CH]7[CH]28. The van der Waals surface area contributed by atoms with Crippen LogP contribution >= 0.6 is 0 Å². The summed E-state index contributed by atoms with van der Waals surface area (Å²) in [6, 6.07) is 0. The molecule has 10 aliphatic heterocycles. The van der Waals surface area contributed by atoms with Crippen LogP contribution in [0.2, 0.25) is 47.2 Å². The van der Waals surface area contributed by atoms with E-state index in [-0.39, 0.29) is 0 Å². The summed E-state index contributed by atoms with van der Waals surface area (Å²) in [7, 11) is 0. The topological polar surface area (TPSA) is 74.6 Å². The Balaban J connectivity index is 1.81. The molecule has 17 heavy (non-hydrogen) atoms. The van der Waals surface area contributed by atoms with Gasteiger partial charge in [-0.3, -0.25) is 0 Å². The number of aliphatic carboxylic acids is 2. The number of hydrogen-bond acceptors (Lipinski definition) is 2. The van der Waals surface area contributed by atoms with E-state index in [0.29, 0.717) is 9.63 Å². The normalized spacial score (nSPS) is 123. The Bertz CT molecular complexity index is 997. The zero-order chi connectivity index (χ0) is 11.1. The van der Waals surface area contributed by atoms with Crippen molar-refractivity contribution < 1.29 is 26.3 Å². The van der Waals surface area contributed by atoms with E-state index in [9.17, 15) is 19.8 Å². The maximum atomic E-state index is 12.0. The van der Waals surface area contributed by atoms with E-state index in [1.54, 1.807) is 0 Å². The second kappa shape index (κ2) is 0.432. The number of carboxylic acid groups (broad SMARTS) is 2. The molecule has 0 radical (unpaired) electrons. The molecule has 0 bridgehead atoms. The molecular weight excluding hydrogens is 264 g/mol. The standard InChI is InChI=1S/C7H5O4.C5H5.Fe/c8-6(9)4-2-1-3-5(4)7(10)11;1-2-4-5-3-1;/h1-3H,(H,8,9)(H,10,11);1-5H;. The minimum absolute atomic E-state index is 0.505. The van der Waals surface area contributed by atoms with Crippen molar-refractivity contribution in [3.05, 3.63) is 0 Å². The first-order valence-electron chi connectivity index (χ1n) is 6.50. The Kier molecular flexibility index (Phi) is 0.154. The third kappa shape index (κ3) is 0.0493. The average molecular weight is 274 g/mol. The fraction of sp³-hybridized carbons (Fsp3) is 0.833. The molecule has 4 atom stereocenters. The zero-order valence-corrected chi connectivity index (χ0v) is 9.79. The van der Waals surface area contributed by atoms with E-state index in [4.69, 9.17) is 0 Å². The molecule has 4 unspecified atom stereocenters. The van der Waals surface area contributed by atoms with E-state index < -0.39 is 27.1 Å². The summed E-state index contributed by atoms with van der Waals surface area (Å²) in [5, 5.41) is 19.8. The van der Waals surface area contributed by atoms with Gasteiger partial charge in [-0.05, 0) is 0 Å². The molecule has 10 heterocycles. The molecule has 10 aliphatic rings. The summed E-state index contributed by atoms with van der Waals surface area (Å²) in [5.41, 5.74) is 0. The van der Waals surface area contributed by atoms with Gasteiger partial charge < -0.3 is 0 Å². The van der Waals surface area contributed by atoms with Crippen molar-refractivity contribution in [1.29, 1.82) is 0 Å². The van der Waals surface area contributed by atoms with Gasteiger partial charge in [0.05, 0.1) is 0 Å². The third-order valence-electron chi connectivity index (χ3n) is 15.5. The molecule has 0 aromatic heterocycles. The van der Waals surface area contributed by atoms with Gasteiger partial charge in [0.25, 0.3) is 0 Å². The van der Waals surface area contributed by atoms with Crippen molar-refractivity contribution in [1.82, 2.24) is 0 Å². The fourth-order valence-corrected chi connectivity index (χ4v) is 92.6. The van der Waals surface area contributed by atoms with Crippen LogP contribution in [0.1, 0.15) is 0 Å². The Hall–Kier alpha value is -0.541. The van der Waals surface area contributed by atoms with Crippen molar-refractivity contribution in [2.24, 2.45) is 0 Å². The van der Waals surface area contributed by atoms with Crippen molar-refractivity contribution in [2.75, 3.05) is 0 Å².